The molecule has 2 aromatic rings. The maximum absolute atomic E-state index is 12.4. The number of nitrogens with zero attached hydrogens (tertiary/aromatic N) is 2. The van der Waals surface area contributed by atoms with Crippen molar-refractivity contribution in [3.63, 3.8) is 0 Å². The highest BCUT2D eigenvalue weighted by Gasteiger charge is 2.24. The summed E-state index contributed by atoms with van der Waals surface area (Å²) in [6.45, 7) is 0. The summed E-state index contributed by atoms with van der Waals surface area (Å²) in [4.78, 5) is 45.3. The van der Waals surface area contributed by atoms with E-state index in [9.17, 15) is 29.8 Å². The molecule has 0 saturated heterocycles. The van der Waals surface area contributed by atoms with Gasteiger partial charge in [-0.1, -0.05) is 18.2 Å². The minimum Gasteiger partial charge on any atom is -0.490 e. The molecule has 2 rings (SSSR count). The van der Waals surface area contributed by atoms with Crippen molar-refractivity contribution in [2.45, 2.75) is 18.9 Å². The molecule has 1 N–H and O–H groups in total. The molecule has 11 heteroatoms. The second kappa shape index (κ2) is 9.96. The first kappa shape index (κ1) is 22.3. The van der Waals surface area contributed by atoms with E-state index < -0.39 is 27.8 Å². The summed E-state index contributed by atoms with van der Waals surface area (Å²) in [5, 5.41) is 24.5. The molecule has 0 aliphatic rings. The molecule has 1 atom stereocenters. The third-order valence-electron chi connectivity index (χ3n) is 4.19. The van der Waals surface area contributed by atoms with Gasteiger partial charge in [-0.05, 0) is 17.2 Å². The van der Waals surface area contributed by atoms with Gasteiger partial charge in [0.2, 0.25) is 5.91 Å². The van der Waals surface area contributed by atoms with Gasteiger partial charge in [0.15, 0.2) is 5.75 Å². The lowest BCUT2D eigenvalue weighted by Gasteiger charge is -2.17. The third kappa shape index (κ3) is 5.74. The number of methoxy groups -OCH3 is 2. The number of nitro groups is 2. The molecule has 0 fully saturated rings. The molecule has 0 aromatic heterocycles. The molecule has 0 radical (unpaired) electrons. The van der Waals surface area contributed by atoms with Gasteiger partial charge >= 0.3 is 11.7 Å². The summed E-state index contributed by atoms with van der Waals surface area (Å²) < 4.78 is 9.65. The Bertz CT molecular complexity index is 976. The maximum atomic E-state index is 12.4. The number of benzene rings is 2. The van der Waals surface area contributed by atoms with Crippen LogP contribution in [0.5, 0.6) is 5.75 Å². The molecule has 0 aliphatic heterocycles. The van der Waals surface area contributed by atoms with E-state index in [4.69, 9.17) is 9.47 Å². The van der Waals surface area contributed by atoms with Crippen LogP contribution < -0.4 is 10.1 Å². The van der Waals surface area contributed by atoms with Crippen molar-refractivity contribution in [1.82, 2.24) is 5.32 Å². The third-order valence-corrected chi connectivity index (χ3v) is 4.19. The number of nitro benzene ring substituents is 2. The van der Waals surface area contributed by atoms with E-state index in [1.165, 1.54) is 43.5 Å². The van der Waals surface area contributed by atoms with E-state index in [1.54, 1.807) is 6.07 Å². The average molecular weight is 417 g/mol. The van der Waals surface area contributed by atoms with Gasteiger partial charge in [-0.3, -0.25) is 25.0 Å². The summed E-state index contributed by atoms with van der Waals surface area (Å²) in [6.07, 6.45) is -0.254. The Morgan fingerprint density at radius 1 is 1.03 bits per heavy atom. The van der Waals surface area contributed by atoms with E-state index >= 15 is 0 Å². The number of carbonyl (C=O) groups is 2. The van der Waals surface area contributed by atoms with Crippen LogP contribution in [-0.2, 0) is 27.2 Å². The second-order valence-electron chi connectivity index (χ2n) is 6.21. The van der Waals surface area contributed by atoms with Crippen LogP contribution in [-0.4, -0.2) is 42.0 Å². The number of rotatable bonds is 9. The first-order valence-electron chi connectivity index (χ1n) is 8.67. The minimum atomic E-state index is -1.10. The SMILES string of the molecule is COC(=O)[C@H](Cc1ccc(OC)c([N+](=O)[O-])c1)NC(=O)Cc1cccc([N+](=O)[O-])c1. The highest BCUT2D eigenvalue weighted by atomic mass is 16.6. The molecule has 158 valence electrons. The van der Waals surface area contributed by atoms with Gasteiger partial charge < -0.3 is 14.8 Å². The zero-order chi connectivity index (χ0) is 22.3. The van der Waals surface area contributed by atoms with Crippen LogP contribution in [0.2, 0.25) is 0 Å². The van der Waals surface area contributed by atoms with E-state index in [1.807, 2.05) is 0 Å². The average Bonchev–Trinajstić information content (AvgIpc) is 2.72. The van der Waals surface area contributed by atoms with Crippen molar-refractivity contribution in [2.75, 3.05) is 14.2 Å². The predicted octanol–water partition coefficient (Wildman–Crippen LogP) is 1.95. The normalized spacial score (nSPS) is 11.3. The summed E-state index contributed by atoms with van der Waals surface area (Å²) in [5.74, 6) is -1.23. The van der Waals surface area contributed by atoms with E-state index in [-0.39, 0.29) is 30.0 Å². The monoisotopic (exact) mass is 417 g/mol. The zero-order valence-electron chi connectivity index (χ0n) is 16.2. The van der Waals surface area contributed by atoms with Gasteiger partial charge in [0, 0.05) is 24.6 Å². The molecule has 0 spiro atoms. The lowest BCUT2D eigenvalue weighted by Crippen LogP contribution is -2.43. The Morgan fingerprint density at radius 2 is 1.77 bits per heavy atom. The van der Waals surface area contributed by atoms with Gasteiger partial charge in [0.05, 0.1) is 30.5 Å². The van der Waals surface area contributed by atoms with Crippen LogP contribution in [0.25, 0.3) is 0 Å². The van der Waals surface area contributed by atoms with Gasteiger partial charge in [-0.25, -0.2) is 4.79 Å². The fourth-order valence-corrected chi connectivity index (χ4v) is 2.79. The molecule has 0 unspecified atom stereocenters. The van der Waals surface area contributed by atoms with Crippen LogP contribution in [0.1, 0.15) is 11.1 Å². The van der Waals surface area contributed by atoms with Gasteiger partial charge in [0.1, 0.15) is 6.04 Å². The Balaban J connectivity index is 2.16. The Morgan fingerprint density at radius 3 is 2.37 bits per heavy atom. The van der Waals surface area contributed by atoms with Crippen molar-refractivity contribution in [1.29, 1.82) is 0 Å². The van der Waals surface area contributed by atoms with Crippen molar-refractivity contribution < 1.29 is 28.9 Å². The number of ether oxygens (including phenoxy) is 2. The number of non-ortho nitro benzene ring substituents is 1. The van der Waals surface area contributed by atoms with Crippen LogP contribution >= 0.6 is 0 Å². The maximum Gasteiger partial charge on any atom is 0.328 e. The fraction of sp³-hybridized carbons (Fsp3) is 0.263. The molecule has 0 saturated carbocycles. The van der Waals surface area contributed by atoms with Gasteiger partial charge in [0.25, 0.3) is 5.69 Å². The smallest absolute Gasteiger partial charge is 0.328 e. The fourth-order valence-electron chi connectivity index (χ4n) is 2.79. The van der Waals surface area contributed by atoms with Crippen molar-refractivity contribution in [3.8, 4) is 5.75 Å². The highest BCUT2D eigenvalue weighted by molar-refractivity contribution is 5.86. The predicted molar refractivity (Wildman–Crippen MR) is 104 cm³/mol. The summed E-state index contributed by atoms with van der Waals surface area (Å²) in [6, 6.07) is 8.65. The number of amides is 1. The van der Waals surface area contributed by atoms with E-state index in [0.717, 1.165) is 7.11 Å². The van der Waals surface area contributed by atoms with Crippen molar-refractivity contribution in [2.24, 2.45) is 0 Å². The van der Waals surface area contributed by atoms with Crippen molar-refractivity contribution >= 4 is 23.3 Å². The van der Waals surface area contributed by atoms with Crippen molar-refractivity contribution in [3.05, 3.63) is 73.8 Å². The van der Waals surface area contributed by atoms with E-state index in [2.05, 4.69) is 5.32 Å². The standard InChI is InChI=1S/C19H19N3O8/c1-29-17-7-6-13(10-16(17)22(27)28)9-15(19(24)30-2)20-18(23)11-12-4-3-5-14(8-12)21(25)26/h3-8,10,15H,9,11H2,1-2H3,(H,20,23)/t15-/m0/s1. The number of hydrogen-bond acceptors (Lipinski definition) is 8. The van der Waals surface area contributed by atoms with Crippen LogP contribution in [0.3, 0.4) is 0 Å². The molecule has 0 aliphatic carbocycles. The second-order valence-corrected chi connectivity index (χ2v) is 6.21. The largest absolute Gasteiger partial charge is 0.490 e. The molecule has 0 heterocycles. The zero-order valence-corrected chi connectivity index (χ0v) is 16.2. The molecule has 1 amide bonds. The molecule has 2 aromatic carbocycles. The van der Waals surface area contributed by atoms with Crippen LogP contribution in [0.15, 0.2) is 42.5 Å². The minimum absolute atomic E-state index is 0.0574. The molecular formula is C19H19N3O8. The Kier molecular flexibility index (Phi) is 7.39. The lowest BCUT2D eigenvalue weighted by atomic mass is 10.0. The molecular weight excluding hydrogens is 398 g/mol. The van der Waals surface area contributed by atoms with Gasteiger partial charge in [-0.2, -0.15) is 0 Å². The van der Waals surface area contributed by atoms with Crippen LogP contribution in [0, 0.1) is 20.2 Å². The number of hydrogen-bond donors (Lipinski definition) is 1. The summed E-state index contributed by atoms with van der Waals surface area (Å²) in [7, 11) is 2.45. The molecule has 11 nitrogen and oxygen atoms in total. The summed E-state index contributed by atoms with van der Waals surface area (Å²) >= 11 is 0. The van der Waals surface area contributed by atoms with E-state index in [0.29, 0.717) is 11.1 Å². The quantitative estimate of drug-likeness (QED) is 0.369. The topological polar surface area (TPSA) is 151 Å². The number of esters is 1. The van der Waals surface area contributed by atoms with Gasteiger partial charge in [-0.15, -0.1) is 0 Å². The Hall–Kier alpha value is -4.02. The lowest BCUT2D eigenvalue weighted by molar-refractivity contribution is -0.385. The first-order chi connectivity index (χ1) is 14.2. The number of carbonyl (C=O) groups excluding carboxylic acids is 2. The first-order valence-corrected chi connectivity index (χ1v) is 8.67. The molecule has 30 heavy (non-hydrogen) atoms. The number of nitrogens with one attached hydrogen (secondary N) is 1. The van der Waals surface area contributed by atoms with Crippen LogP contribution in [0.4, 0.5) is 11.4 Å². The highest BCUT2D eigenvalue weighted by Crippen LogP contribution is 2.28. The Labute approximate surface area is 170 Å². The summed E-state index contributed by atoms with van der Waals surface area (Å²) in [5.41, 5.74) is 0.371. The molecule has 0 bridgehead atoms.